The molecule has 0 heterocycles. The molecule has 0 amide bonds. The first kappa shape index (κ1) is 44.2. The molecule has 5 heteroatoms. The fraction of sp³-hybridized carbons (Fsp3) is 0.346. The van der Waals surface area contributed by atoms with Crippen LogP contribution in [-0.2, 0) is 25.1 Å². The van der Waals surface area contributed by atoms with Crippen LogP contribution < -0.4 is 5.30 Å². The Hall–Kier alpha value is -3.96. The van der Waals surface area contributed by atoms with Crippen molar-refractivity contribution in [2.24, 2.45) is 0 Å². The van der Waals surface area contributed by atoms with Crippen molar-refractivity contribution >= 4 is 41.0 Å². The molecule has 0 aliphatic rings. The van der Waals surface area contributed by atoms with Gasteiger partial charge in [-0.1, -0.05) is 196 Å². The van der Waals surface area contributed by atoms with Crippen molar-refractivity contribution in [3.63, 3.8) is 0 Å². The summed E-state index contributed by atoms with van der Waals surface area (Å²) in [6, 6.07) is 48.7. The number of rotatable bonds is 11. The van der Waals surface area contributed by atoms with Crippen molar-refractivity contribution in [3.8, 4) is 0 Å². The van der Waals surface area contributed by atoms with Crippen LogP contribution in [0.4, 0.5) is 0 Å². The molecule has 0 unspecified atom stereocenters. The normalized spacial score (nSPS) is 12.6. The third-order valence-corrected chi connectivity index (χ3v) is 14.1. The molecule has 0 aromatic heterocycles. The third-order valence-electron chi connectivity index (χ3n) is 9.71. The Bertz CT molecular complexity index is 1940. The Morgan fingerprint density at radius 2 is 0.667 bits per heavy atom. The minimum atomic E-state index is -2.32. The van der Waals surface area contributed by atoms with Crippen LogP contribution >= 0.6 is 7.92 Å². The smallest absolute Gasteiger partial charge is 0.242 e. The number of hydrogen-bond acceptors (Lipinski definition) is 2. The monoisotopic (exact) mass is 810 g/mol. The highest BCUT2D eigenvalue weighted by atomic mass is 31.1. The van der Waals surface area contributed by atoms with Crippen LogP contribution in [0.15, 0.2) is 144 Å². The average molecular weight is 811 g/mol. The Balaban J connectivity index is 2.24. The number of benzene rings is 5. The maximum Gasteiger partial charge on any atom is 0.242 e. The standard InChI is InChI=1S/C52H67O2PSi2/c1-50(2,3)42-36-43(51(4,5)6)47(44(37-42)52(7,8)9)55(48(53-56(10,11)12)45(38-28-20-16-21-29-38)39-30-22-17-23-31-39)49(54-57(13,14)15)46(40-32-24-18-25-33-40)41-34-26-19-27-35-41/h16-37H,1-15H3. The predicted molar refractivity (Wildman–Crippen MR) is 256 cm³/mol. The van der Waals surface area contributed by atoms with E-state index in [2.05, 4.69) is 235 Å². The van der Waals surface area contributed by atoms with Crippen LogP contribution in [0, 0.1) is 0 Å². The van der Waals surface area contributed by atoms with E-state index in [0.29, 0.717) is 0 Å². The van der Waals surface area contributed by atoms with E-state index in [-0.39, 0.29) is 16.2 Å². The van der Waals surface area contributed by atoms with Crippen LogP contribution in [0.5, 0.6) is 0 Å². The fourth-order valence-corrected chi connectivity index (χ4v) is 13.6. The zero-order valence-corrected chi connectivity index (χ0v) is 40.4. The summed E-state index contributed by atoms with van der Waals surface area (Å²) in [7, 11) is -6.16. The molecule has 0 radical (unpaired) electrons. The molecule has 5 rings (SSSR count). The van der Waals surface area contributed by atoms with Crippen LogP contribution in [0.3, 0.4) is 0 Å². The van der Waals surface area contributed by atoms with Crippen LogP contribution in [0.25, 0.3) is 11.1 Å². The highest BCUT2D eigenvalue weighted by molar-refractivity contribution is 7.74. The molecule has 0 saturated carbocycles. The molecule has 0 aliphatic carbocycles. The summed E-state index contributed by atoms with van der Waals surface area (Å²) in [6.07, 6.45) is 0. The number of hydrogen-bond donors (Lipinski definition) is 0. The van der Waals surface area contributed by atoms with Gasteiger partial charge in [0.2, 0.25) is 16.6 Å². The van der Waals surface area contributed by atoms with Gasteiger partial charge in [-0.2, -0.15) is 0 Å². The molecule has 0 spiro atoms. The molecule has 0 bridgehead atoms. The van der Waals surface area contributed by atoms with E-state index in [1.54, 1.807) is 0 Å². The van der Waals surface area contributed by atoms with E-state index >= 15 is 0 Å². The van der Waals surface area contributed by atoms with Crippen molar-refractivity contribution in [2.45, 2.75) is 118 Å². The van der Waals surface area contributed by atoms with Crippen LogP contribution in [0.1, 0.15) is 101 Å². The molecule has 0 aliphatic heterocycles. The maximum absolute atomic E-state index is 7.82. The lowest BCUT2D eigenvalue weighted by Gasteiger charge is -2.41. The molecular formula is C52H67O2PSi2. The molecule has 5 aromatic carbocycles. The highest BCUT2D eigenvalue weighted by Crippen LogP contribution is 2.62. The molecule has 300 valence electrons. The predicted octanol–water partition coefficient (Wildman–Crippen LogP) is 15.2. The minimum Gasteiger partial charge on any atom is -0.543 e. The third kappa shape index (κ3) is 11.2. The highest BCUT2D eigenvalue weighted by Gasteiger charge is 2.42. The van der Waals surface area contributed by atoms with Crippen LogP contribution in [-0.4, -0.2) is 16.6 Å². The van der Waals surface area contributed by atoms with Crippen molar-refractivity contribution in [3.05, 3.63) is 183 Å². The summed E-state index contributed by atoms with van der Waals surface area (Å²) in [5, 5.41) is 1.34. The molecule has 2 nitrogen and oxygen atoms in total. The van der Waals surface area contributed by atoms with E-state index in [1.165, 1.54) is 22.0 Å². The average Bonchev–Trinajstić information content (AvgIpc) is 3.11. The van der Waals surface area contributed by atoms with Gasteiger partial charge < -0.3 is 8.85 Å². The van der Waals surface area contributed by atoms with Gasteiger partial charge in [-0.25, -0.2) is 0 Å². The van der Waals surface area contributed by atoms with E-state index in [1.807, 2.05) is 0 Å². The van der Waals surface area contributed by atoms with Crippen LogP contribution in [0.2, 0.25) is 39.3 Å². The summed E-state index contributed by atoms with van der Waals surface area (Å²) in [6.45, 7) is 35.3. The summed E-state index contributed by atoms with van der Waals surface area (Å²) >= 11 is 0. The summed E-state index contributed by atoms with van der Waals surface area (Å²) in [4.78, 5) is 0. The van der Waals surface area contributed by atoms with Gasteiger partial charge in [0.15, 0.2) is 0 Å². The van der Waals surface area contributed by atoms with Gasteiger partial charge in [0.1, 0.15) is 11.0 Å². The van der Waals surface area contributed by atoms with Gasteiger partial charge >= 0.3 is 0 Å². The van der Waals surface area contributed by atoms with Crippen molar-refractivity contribution < 1.29 is 8.85 Å². The van der Waals surface area contributed by atoms with Gasteiger partial charge in [-0.3, -0.25) is 0 Å². The Morgan fingerprint density at radius 1 is 0.404 bits per heavy atom. The SMILES string of the molecule is CC(C)(C)c1cc(C(C)(C)C)c(P(C(O[Si](C)(C)C)=C(c2ccccc2)c2ccccc2)C(O[Si](C)(C)C)=C(c2ccccc2)c2ccccc2)c(C(C)(C)C)c1. The van der Waals surface area contributed by atoms with Gasteiger partial charge in [0, 0.05) is 11.1 Å². The van der Waals surface area contributed by atoms with E-state index in [0.717, 1.165) is 44.4 Å². The topological polar surface area (TPSA) is 18.5 Å². The first-order valence-corrected chi connectivity index (χ1v) is 28.7. The van der Waals surface area contributed by atoms with Crippen molar-refractivity contribution in [1.29, 1.82) is 0 Å². The second-order valence-corrected chi connectivity index (χ2v) is 31.0. The Labute approximate surface area is 349 Å². The molecular weight excluding hydrogens is 744 g/mol. The lowest BCUT2D eigenvalue weighted by Crippen LogP contribution is -2.35. The summed E-state index contributed by atoms with van der Waals surface area (Å²) in [5.74, 6) is 0. The second-order valence-electron chi connectivity index (χ2n) is 20.3. The molecule has 57 heavy (non-hydrogen) atoms. The van der Waals surface area contributed by atoms with E-state index in [4.69, 9.17) is 8.85 Å². The molecule has 0 atom stereocenters. The Morgan fingerprint density at radius 3 is 0.877 bits per heavy atom. The van der Waals surface area contributed by atoms with Crippen molar-refractivity contribution in [1.82, 2.24) is 0 Å². The zero-order chi connectivity index (χ0) is 42.0. The van der Waals surface area contributed by atoms with Gasteiger partial charge in [-0.05, 0) is 99.8 Å². The molecule has 5 aromatic rings. The largest absolute Gasteiger partial charge is 0.543 e. The fourth-order valence-electron chi connectivity index (χ4n) is 6.99. The summed E-state index contributed by atoms with van der Waals surface area (Å²) in [5.41, 5.74) is 12.4. The first-order valence-electron chi connectivity index (χ1n) is 20.5. The van der Waals surface area contributed by atoms with Gasteiger partial charge in [-0.15, -0.1) is 0 Å². The van der Waals surface area contributed by atoms with Crippen molar-refractivity contribution in [2.75, 3.05) is 0 Å². The van der Waals surface area contributed by atoms with E-state index in [9.17, 15) is 0 Å². The summed E-state index contributed by atoms with van der Waals surface area (Å²) < 4.78 is 15.6. The van der Waals surface area contributed by atoms with Gasteiger partial charge in [0.25, 0.3) is 0 Å². The maximum atomic E-state index is 7.82. The molecule has 0 fully saturated rings. The minimum absolute atomic E-state index is 0.0548. The lowest BCUT2D eigenvalue weighted by molar-refractivity contribution is 0.447. The molecule has 0 N–H and O–H groups in total. The van der Waals surface area contributed by atoms with E-state index < -0.39 is 24.6 Å². The Kier molecular flexibility index (Phi) is 13.2. The zero-order valence-electron chi connectivity index (χ0n) is 37.5. The molecule has 0 saturated heterocycles. The van der Waals surface area contributed by atoms with Gasteiger partial charge in [0.05, 0.1) is 7.92 Å². The quantitative estimate of drug-likeness (QED) is 0.0752. The second kappa shape index (κ2) is 17.1. The first-order chi connectivity index (χ1) is 26.5. The lowest BCUT2D eigenvalue weighted by atomic mass is 9.75.